The van der Waals surface area contributed by atoms with E-state index in [-0.39, 0.29) is 16.4 Å². The lowest BCUT2D eigenvalue weighted by Gasteiger charge is -2.36. The number of benzene rings is 3. The fourth-order valence-electron chi connectivity index (χ4n) is 5.00. The van der Waals surface area contributed by atoms with Crippen molar-refractivity contribution in [2.24, 2.45) is 0 Å². The van der Waals surface area contributed by atoms with E-state index in [1.54, 1.807) is 0 Å². The molecule has 0 saturated heterocycles. The molecule has 0 radical (unpaired) electrons. The zero-order chi connectivity index (χ0) is 32.7. The van der Waals surface area contributed by atoms with Gasteiger partial charge in [-0.15, -0.1) is 0 Å². The van der Waals surface area contributed by atoms with Crippen molar-refractivity contribution in [1.82, 2.24) is 0 Å². The monoisotopic (exact) mass is 617 g/mol. The Morgan fingerprint density at radius 2 is 1.39 bits per heavy atom. The van der Waals surface area contributed by atoms with Gasteiger partial charge in [0.15, 0.2) is 8.32 Å². The van der Waals surface area contributed by atoms with Crippen LogP contribution in [-0.2, 0) is 14.6 Å². The van der Waals surface area contributed by atoms with Gasteiger partial charge in [-0.3, -0.25) is 0 Å². The second-order valence-corrected chi connectivity index (χ2v) is 18.8. The van der Waals surface area contributed by atoms with E-state index in [2.05, 4.69) is 110 Å². The Morgan fingerprint density at radius 3 is 1.95 bits per heavy atom. The van der Waals surface area contributed by atoms with Crippen LogP contribution in [0.3, 0.4) is 0 Å². The van der Waals surface area contributed by atoms with Crippen molar-refractivity contribution in [2.75, 3.05) is 37.8 Å². The van der Waals surface area contributed by atoms with Gasteiger partial charge in [-0.05, 0) is 103 Å². The van der Waals surface area contributed by atoms with Crippen LogP contribution >= 0.6 is 0 Å². The van der Waals surface area contributed by atoms with Gasteiger partial charge in [0.05, 0.1) is 18.8 Å². The molecule has 3 aromatic carbocycles. The summed E-state index contributed by atoms with van der Waals surface area (Å²) in [5.74, 6) is 0.559. The summed E-state index contributed by atoms with van der Waals surface area (Å²) < 4.78 is 18.0. The summed E-state index contributed by atoms with van der Waals surface area (Å²) in [5, 5.41) is 0.188. The molecule has 0 aliphatic heterocycles. The summed E-state index contributed by atoms with van der Waals surface area (Å²) in [5.41, 5.74) is 7.40. The van der Waals surface area contributed by atoms with E-state index in [4.69, 9.17) is 13.9 Å². The van der Waals surface area contributed by atoms with Gasteiger partial charge < -0.3 is 18.8 Å². The average Bonchev–Trinajstić information content (AvgIpc) is 2.97. The van der Waals surface area contributed by atoms with Crippen molar-refractivity contribution in [3.63, 3.8) is 0 Å². The number of hydrogen-bond acceptors (Lipinski definition) is 5. The van der Waals surface area contributed by atoms with Crippen molar-refractivity contribution in [3.05, 3.63) is 71.8 Å². The summed E-state index contributed by atoms with van der Waals surface area (Å²) in [6.45, 7) is 28.0. The van der Waals surface area contributed by atoms with Crippen LogP contribution < -0.4 is 9.64 Å². The van der Waals surface area contributed by atoms with Gasteiger partial charge in [0, 0.05) is 37.4 Å². The first-order chi connectivity index (χ1) is 20.6. The molecule has 0 saturated carbocycles. The maximum Gasteiger partial charge on any atom is 0.338 e. The third-order valence-electron chi connectivity index (χ3n) is 8.74. The Kier molecular flexibility index (Phi) is 11.9. The largest absolute Gasteiger partial charge is 0.493 e. The molecule has 0 aliphatic carbocycles. The number of carbonyl (C=O) groups excluding carboxylic acids is 1. The van der Waals surface area contributed by atoms with Crippen LogP contribution in [0.25, 0.3) is 22.3 Å². The van der Waals surface area contributed by atoms with Gasteiger partial charge in [-0.1, -0.05) is 65.8 Å². The van der Waals surface area contributed by atoms with Gasteiger partial charge >= 0.3 is 5.97 Å². The molecule has 5 nitrogen and oxygen atoms in total. The van der Waals surface area contributed by atoms with Crippen LogP contribution in [0.4, 0.5) is 5.69 Å². The number of carbonyl (C=O) groups is 1. The standard InChI is InChI=1S/C38H55NO4Si/c1-12-39(13-2)34-22-20-31(27-33(34)37(4,5)6)32-26-30(28-16-18-29(19-17-28)36(40)41-14-3)21-23-35(32)42-24-15-25-43-44(10,11)38(7,8)9/h16-23,26-27H,12-15,24-25H2,1-11H3. The molecule has 0 bridgehead atoms. The number of rotatable bonds is 13. The lowest BCUT2D eigenvalue weighted by atomic mass is 9.83. The van der Waals surface area contributed by atoms with Crippen molar-refractivity contribution in [1.29, 1.82) is 0 Å². The number of esters is 1. The van der Waals surface area contributed by atoms with Crippen LogP contribution in [0, 0.1) is 0 Å². The predicted octanol–water partition coefficient (Wildman–Crippen LogP) is 10.1. The third kappa shape index (κ3) is 8.76. The highest BCUT2D eigenvalue weighted by Gasteiger charge is 2.36. The molecule has 0 aromatic heterocycles. The molecular weight excluding hydrogens is 563 g/mol. The van der Waals surface area contributed by atoms with Crippen LogP contribution in [0.5, 0.6) is 5.75 Å². The quantitative estimate of drug-likeness (QED) is 0.108. The predicted molar refractivity (Wildman–Crippen MR) is 189 cm³/mol. The van der Waals surface area contributed by atoms with Gasteiger partial charge in [0.1, 0.15) is 5.75 Å². The molecule has 0 atom stereocenters. The summed E-state index contributed by atoms with van der Waals surface area (Å²) in [6, 6.07) is 20.8. The Labute approximate surface area is 268 Å². The maximum atomic E-state index is 12.2. The fraction of sp³-hybridized carbons (Fsp3) is 0.500. The fourth-order valence-corrected chi connectivity index (χ4v) is 6.09. The van der Waals surface area contributed by atoms with Crippen LogP contribution in [0.15, 0.2) is 60.7 Å². The molecule has 44 heavy (non-hydrogen) atoms. The first kappa shape index (κ1) is 35.4. The summed E-state index contributed by atoms with van der Waals surface area (Å²) in [7, 11) is -1.79. The molecule has 3 aromatic rings. The highest BCUT2D eigenvalue weighted by Crippen LogP contribution is 2.40. The third-order valence-corrected chi connectivity index (χ3v) is 13.3. The SMILES string of the molecule is CCOC(=O)c1ccc(-c2ccc(OCCCO[Si](C)(C)C(C)(C)C)c(-c3ccc(N(CC)CC)c(C(C)(C)C)c3)c2)cc1. The number of hydrogen-bond donors (Lipinski definition) is 0. The maximum absolute atomic E-state index is 12.2. The van der Waals surface area contributed by atoms with Crippen molar-refractivity contribution >= 4 is 20.0 Å². The number of ether oxygens (including phenoxy) is 2. The van der Waals surface area contributed by atoms with Crippen molar-refractivity contribution in [3.8, 4) is 28.0 Å². The van der Waals surface area contributed by atoms with E-state index in [0.717, 1.165) is 47.5 Å². The molecule has 240 valence electrons. The Hall–Kier alpha value is -3.09. The molecular formula is C38H55NO4Si. The second kappa shape index (κ2) is 14.8. The first-order valence-corrected chi connectivity index (χ1v) is 19.1. The Bertz CT molecular complexity index is 1380. The molecule has 0 unspecified atom stereocenters. The molecule has 0 amide bonds. The zero-order valence-corrected chi connectivity index (χ0v) is 30.1. The van der Waals surface area contributed by atoms with Crippen molar-refractivity contribution in [2.45, 2.75) is 92.3 Å². The van der Waals surface area contributed by atoms with E-state index in [0.29, 0.717) is 25.4 Å². The van der Waals surface area contributed by atoms with Gasteiger partial charge in [-0.2, -0.15) is 0 Å². The van der Waals surface area contributed by atoms with E-state index in [9.17, 15) is 4.79 Å². The van der Waals surface area contributed by atoms with Gasteiger partial charge in [0.2, 0.25) is 0 Å². The van der Waals surface area contributed by atoms with Crippen LogP contribution in [-0.4, -0.2) is 47.2 Å². The van der Waals surface area contributed by atoms with E-state index in [1.807, 2.05) is 31.2 Å². The van der Waals surface area contributed by atoms with E-state index in [1.165, 1.54) is 11.3 Å². The molecule has 0 N–H and O–H groups in total. The van der Waals surface area contributed by atoms with Crippen LogP contribution in [0.1, 0.15) is 84.7 Å². The molecule has 0 heterocycles. The van der Waals surface area contributed by atoms with Gasteiger partial charge in [-0.25, -0.2) is 4.79 Å². The average molecular weight is 618 g/mol. The lowest BCUT2D eigenvalue weighted by molar-refractivity contribution is 0.0526. The first-order valence-electron chi connectivity index (χ1n) is 16.2. The second-order valence-electron chi connectivity index (χ2n) is 14.0. The number of nitrogens with zero attached hydrogens (tertiary/aromatic N) is 1. The van der Waals surface area contributed by atoms with Crippen molar-refractivity contribution < 1.29 is 18.7 Å². The Morgan fingerprint density at radius 1 is 0.773 bits per heavy atom. The minimum atomic E-state index is -1.79. The summed E-state index contributed by atoms with van der Waals surface area (Å²) >= 11 is 0. The minimum absolute atomic E-state index is 0.0312. The van der Waals surface area contributed by atoms with Crippen LogP contribution in [0.2, 0.25) is 18.1 Å². The number of anilines is 1. The molecule has 0 spiro atoms. The van der Waals surface area contributed by atoms with E-state index >= 15 is 0 Å². The molecule has 6 heteroatoms. The van der Waals surface area contributed by atoms with E-state index < -0.39 is 8.32 Å². The normalized spacial score (nSPS) is 12.2. The summed E-state index contributed by atoms with van der Waals surface area (Å²) in [6.07, 6.45) is 0.831. The highest BCUT2D eigenvalue weighted by molar-refractivity contribution is 6.74. The molecule has 3 rings (SSSR count). The smallest absolute Gasteiger partial charge is 0.338 e. The minimum Gasteiger partial charge on any atom is -0.493 e. The topological polar surface area (TPSA) is 48.0 Å². The zero-order valence-electron chi connectivity index (χ0n) is 29.1. The molecule has 0 aliphatic rings. The van der Waals surface area contributed by atoms with Gasteiger partial charge in [0.25, 0.3) is 0 Å². The Balaban J connectivity index is 2.00. The lowest BCUT2D eigenvalue weighted by Crippen LogP contribution is -2.41. The summed E-state index contributed by atoms with van der Waals surface area (Å²) in [4.78, 5) is 14.6. The molecule has 0 fully saturated rings. The highest BCUT2D eigenvalue weighted by atomic mass is 28.4.